The van der Waals surface area contributed by atoms with Crippen LogP contribution in [-0.2, 0) is 6.54 Å². The molecule has 33 heavy (non-hydrogen) atoms. The Morgan fingerprint density at radius 3 is 2.64 bits per heavy atom. The first kappa shape index (κ1) is 23.2. The van der Waals surface area contributed by atoms with Gasteiger partial charge in [-0.15, -0.1) is 11.3 Å². The molecule has 0 atom stereocenters. The molecule has 0 saturated carbocycles. The van der Waals surface area contributed by atoms with Gasteiger partial charge < -0.3 is 9.67 Å². The number of nitrogens with one attached hydrogen (secondary N) is 1. The standard InChI is InChI=1S/C25H24BrN3O3S/c1-2-3-4-7-14-29-20-9-6-5-8-18(20)22(30)21(24(29)32)23(31)28-25-27-19(15-33-25)16-10-12-17(26)13-11-16/h5-6,8-13,15,30H,2-4,7,14H2,1H3,(H,27,28,31). The molecule has 0 aliphatic rings. The van der Waals surface area contributed by atoms with Crippen LogP contribution in [0, 0.1) is 0 Å². The zero-order valence-electron chi connectivity index (χ0n) is 18.2. The number of carbonyl (C=O) groups excluding carboxylic acids is 1. The number of unbranched alkanes of at least 4 members (excludes halogenated alkanes) is 3. The summed E-state index contributed by atoms with van der Waals surface area (Å²) >= 11 is 4.68. The summed E-state index contributed by atoms with van der Waals surface area (Å²) in [5, 5.41) is 16.2. The number of thiazole rings is 1. The molecule has 0 saturated heterocycles. The fourth-order valence-electron chi connectivity index (χ4n) is 3.76. The molecule has 0 aliphatic carbocycles. The minimum absolute atomic E-state index is 0.260. The summed E-state index contributed by atoms with van der Waals surface area (Å²) in [6.07, 6.45) is 4.00. The number of hydrogen-bond donors (Lipinski definition) is 2. The quantitative estimate of drug-likeness (QED) is 0.259. The van der Waals surface area contributed by atoms with Gasteiger partial charge in [0, 0.05) is 27.3 Å². The van der Waals surface area contributed by atoms with Gasteiger partial charge >= 0.3 is 0 Å². The van der Waals surface area contributed by atoms with Crippen LogP contribution in [0.1, 0.15) is 43.0 Å². The van der Waals surface area contributed by atoms with Gasteiger partial charge in [-0.3, -0.25) is 14.9 Å². The Labute approximate surface area is 204 Å². The summed E-state index contributed by atoms with van der Waals surface area (Å²) in [5.74, 6) is -0.968. The van der Waals surface area contributed by atoms with Crippen LogP contribution in [0.15, 0.2) is 63.2 Å². The molecule has 0 bridgehead atoms. The molecule has 4 aromatic rings. The molecule has 8 heteroatoms. The van der Waals surface area contributed by atoms with E-state index in [0.717, 1.165) is 41.4 Å². The fourth-order valence-corrected chi connectivity index (χ4v) is 4.74. The van der Waals surface area contributed by atoms with E-state index in [1.165, 1.54) is 11.3 Å². The molecule has 170 valence electrons. The van der Waals surface area contributed by atoms with Crippen LogP contribution in [0.2, 0.25) is 0 Å². The van der Waals surface area contributed by atoms with E-state index in [4.69, 9.17) is 0 Å². The highest BCUT2D eigenvalue weighted by Gasteiger charge is 2.23. The number of benzene rings is 2. The number of para-hydroxylation sites is 1. The molecule has 0 radical (unpaired) electrons. The SMILES string of the molecule is CCCCCCn1c(=O)c(C(=O)Nc2nc(-c3ccc(Br)cc3)cs2)c(O)c2ccccc21. The van der Waals surface area contributed by atoms with E-state index in [-0.39, 0.29) is 11.3 Å². The monoisotopic (exact) mass is 525 g/mol. The topological polar surface area (TPSA) is 84.2 Å². The van der Waals surface area contributed by atoms with Crippen LogP contribution in [-0.4, -0.2) is 20.6 Å². The first-order valence-corrected chi connectivity index (χ1v) is 12.5. The average molecular weight is 526 g/mol. The van der Waals surface area contributed by atoms with Gasteiger partial charge in [0.1, 0.15) is 11.3 Å². The van der Waals surface area contributed by atoms with Crippen LogP contribution in [0.4, 0.5) is 5.13 Å². The van der Waals surface area contributed by atoms with Gasteiger partial charge in [0.2, 0.25) is 0 Å². The Hall–Kier alpha value is -2.97. The lowest BCUT2D eigenvalue weighted by atomic mass is 10.1. The van der Waals surface area contributed by atoms with Gasteiger partial charge in [-0.1, -0.05) is 66.4 Å². The fraction of sp³-hybridized carbons (Fsp3) is 0.240. The molecule has 2 aromatic heterocycles. The van der Waals surface area contributed by atoms with Crippen molar-refractivity contribution in [1.29, 1.82) is 0 Å². The summed E-state index contributed by atoms with van der Waals surface area (Å²) in [7, 11) is 0. The molecule has 6 nitrogen and oxygen atoms in total. The van der Waals surface area contributed by atoms with Gasteiger partial charge in [0.05, 0.1) is 11.2 Å². The van der Waals surface area contributed by atoms with Crippen molar-refractivity contribution >= 4 is 49.2 Å². The second-order valence-corrected chi connectivity index (χ2v) is 9.53. The minimum atomic E-state index is -0.665. The number of rotatable bonds is 8. The first-order chi connectivity index (χ1) is 16.0. The molecule has 0 fully saturated rings. The number of carbonyl (C=O) groups is 1. The van der Waals surface area contributed by atoms with Gasteiger partial charge in [-0.25, -0.2) is 4.98 Å². The zero-order chi connectivity index (χ0) is 23.4. The number of aromatic hydroxyl groups is 1. The van der Waals surface area contributed by atoms with Gasteiger partial charge in [0.15, 0.2) is 5.13 Å². The molecular formula is C25H24BrN3O3S. The number of halogens is 1. The van der Waals surface area contributed by atoms with Crippen molar-refractivity contribution < 1.29 is 9.90 Å². The highest BCUT2D eigenvalue weighted by molar-refractivity contribution is 9.10. The Morgan fingerprint density at radius 1 is 1.12 bits per heavy atom. The number of fused-ring (bicyclic) bond motifs is 1. The lowest BCUT2D eigenvalue weighted by molar-refractivity contribution is 0.102. The number of pyridine rings is 1. The molecular weight excluding hydrogens is 502 g/mol. The van der Waals surface area contributed by atoms with Crippen molar-refractivity contribution in [2.45, 2.75) is 39.2 Å². The van der Waals surface area contributed by atoms with E-state index in [0.29, 0.717) is 22.6 Å². The van der Waals surface area contributed by atoms with Crippen molar-refractivity contribution in [2.75, 3.05) is 5.32 Å². The highest BCUT2D eigenvalue weighted by Crippen LogP contribution is 2.29. The maximum Gasteiger partial charge on any atom is 0.267 e. The second-order valence-electron chi connectivity index (χ2n) is 7.76. The van der Waals surface area contributed by atoms with E-state index < -0.39 is 11.5 Å². The Bertz CT molecular complexity index is 1350. The number of hydrogen-bond acceptors (Lipinski definition) is 5. The van der Waals surface area contributed by atoms with Crippen molar-refractivity contribution in [2.24, 2.45) is 0 Å². The smallest absolute Gasteiger partial charge is 0.267 e. The van der Waals surface area contributed by atoms with Crippen molar-refractivity contribution in [3.8, 4) is 17.0 Å². The van der Waals surface area contributed by atoms with E-state index in [1.54, 1.807) is 22.8 Å². The number of aromatic nitrogens is 2. The minimum Gasteiger partial charge on any atom is -0.506 e. The van der Waals surface area contributed by atoms with Crippen molar-refractivity contribution in [1.82, 2.24) is 9.55 Å². The van der Waals surface area contributed by atoms with E-state index in [1.807, 2.05) is 35.7 Å². The molecule has 2 N–H and O–H groups in total. The maximum absolute atomic E-state index is 13.3. The summed E-state index contributed by atoms with van der Waals surface area (Å²) in [5.41, 5.74) is 1.51. The predicted molar refractivity (Wildman–Crippen MR) is 137 cm³/mol. The first-order valence-electron chi connectivity index (χ1n) is 10.9. The van der Waals surface area contributed by atoms with E-state index >= 15 is 0 Å². The third-order valence-electron chi connectivity index (χ3n) is 5.47. The Morgan fingerprint density at radius 2 is 1.88 bits per heavy atom. The van der Waals surface area contributed by atoms with Gasteiger partial charge in [-0.05, 0) is 30.7 Å². The third-order valence-corrected chi connectivity index (χ3v) is 6.76. The summed E-state index contributed by atoms with van der Waals surface area (Å²) in [4.78, 5) is 30.8. The van der Waals surface area contributed by atoms with Crippen LogP contribution < -0.4 is 10.9 Å². The van der Waals surface area contributed by atoms with Crippen LogP contribution in [0.5, 0.6) is 5.75 Å². The molecule has 0 aliphatic heterocycles. The average Bonchev–Trinajstić information content (AvgIpc) is 3.27. The molecule has 4 rings (SSSR count). The molecule has 2 heterocycles. The summed E-state index contributed by atoms with van der Waals surface area (Å²) in [6, 6.07) is 14.8. The number of anilines is 1. The number of aryl methyl sites for hydroxylation is 1. The highest BCUT2D eigenvalue weighted by atomic mass is 79.9. The lowest BCUT2D eigenvalue weighted by Gasteiger charge is -2.14. The van der Waals surface area contributed by atoms with Crippen LogP contribution in [0.3, 0.4) is 0 Å². The number of amides is 1. The predicted octanol–water partition coefficient (Wildman–Crippen LogP) is 6.43. The molecule has 2 aromatic carbocycles. The van der Waals surface area contributed by atoms with E-state index in [9.17, 15) is 14.7 Å². The largest absolute Gasteiger partial charge is 0.506 e. The van der Waals surface area contributed by atoms with Crippen molar-refractivity contribution in [3.63, 3.8) is 0 Å². The summed E-state index contributed by atoms with van der Waals surface area (Å²) in [6.45, 7) is 2.62. The second kappa shape index (κ2) is 10.3. The molecule has 1 amide bonds. The summed E-state index contributed by atoms with van der Waals surface area (Å²) < 4.78 is 2.56. The Kier molecular flexibility index (Phi) is 7.25. The van der Waals surface area contributed by atoms with Crippen LogP contribution in [0.25, 0.3) is 22.2 Å². The van der Waals surface area contributed by atoms with Crippen LogP contribution >= 0.6 is 27.3 Å². The third kappa shape index (κ3) is 5.02. The maximum atomic E-state index is 13.3. The number of nitrogens with zero attached hydrogens (tertiary/aromatic N) is 2. The van der Waals surface area contributed by atoms with Gasteiger partial charge in [-0.2, -0.15) is 0 Å². The van der Waals surface area contributed by atoms with Gasteiger partial charge in [0.25, 0.3) is 11.5 Å². The normalized spacial score (nSPS) is 11.1. The zero-order valence-corrected chi connectivity index (χ0v) is 20.6. The Balaban J connectivity index is 1.65. The van der Waals surface area contributed by atoms with Crippen molar-refractivity contribution in [3.05, 3.63) is 74.3 Å². The molecule has 0 spiro atoms. The van der Waals surface area contributed by atoms with E-state index in [2.05, 4.69) is 33.2 Å². The molecule has 0 unspecified atom stereocenters. The lowest BCUT2D eigenvalue weighted by Crippen LogP contribution is -2.30.